The second kappa shape index (κ2) is 9.18. The number of carbonyl (C=O) groups excluding carboxylic acids is 2. The van der Waals surface area contributed by atoms with E-state index in [0.717, 1.165) is 17.2 Å². The van der Waals surface area contributed by atoms with E-state index >= 15 is 0 Å². The maximum Gasteiger partial charge on any atom is 0.264 e. The lowest BCUT2D eigenvalue weighted by atomic mass is 10.1. The van der Waals surface area contributed by atoms with Gasteiger partial charge in [0.15, 0.2) is 6.10 Å². The molecule has 0 fully saturated rings. The van der Waals surface area contributed by atoms with E-state index in [2.05, 4.69) is 5.32 Å². The fourth-order valence-corrected chi connectivity index (χ4v) is 3.62. The molecule has 0 saturated heterocycles. The van der Waals surface area contributed by atoms with Crippen LogP contribution in [-0.4, -0.2) is 22.8 Å². The molecule has 4 rings (SSSR count). The lowest BCUT2D eigenvalue weighted by molar-refractivity contribution is -0.139. The van der Waals surface area contributed by atoms with Gasteiger partial charge < -0.3 is 15.0 Å². The fraction of sp³-hybridized carbons (Fsp3) is 0.200. The number of fused-ring (bicyclic) bond motifs is 1. The van der Waals surface area contributed by atoms with Crippen molar-refractivity contribution in [2.75, 3.05) is 5.32 Å². The Labute approximate surface area is 184 Å². The Kier molecular flexibility index (Phi) is 6.16. The number of amides is 2. The normalized spacial score (nSPS) is 15.5. The zero-order valence-electron chi connectivity index (χ0n) is 17.5. The number of benzene rings is 3. The predicted octanol–water partition coefficient (Wildman–Crippen LogP) is 4.92. The van der Waals surface area contributed by atoms with Crippen LogP contribution in [0, 0.1) is 11.6 Å². The number of hydrogen-bond acceptors (Lipinski definition) is 3. The summed E-state index contributed by atoms with van der Waals surface area (Å²) in [5.41, 5.74) is 2.24. The molecule has 164 valence electrons. The number of carbonyl (C=O) groups is 2. The van der Waals surface area contributed by atoms with Gasteiger partial charge in [-0.2, -0.15) is 0 Å². The monoisotopic (exact) mass is 436 g/mol. The summed E-state index contributed by atoms with van der Waals surface area (Å²) < 4.78 is 32.6. The van der Waals surface area contributed by atoms with Crippen LogP contribution in [0.4, 0.5) is 14.5 Å². The molecule has 3 aromatic rings. The summed E-state index contributed by atoms with van der Waals surface area (Å²) in [6.45, 7) is 2.45. The summed E-state index contributed by atoms with van der Waals surface area (Å²) in [5, 5.41) is 2.76. The van der Waals surface area contributed by atoms with E-state index in [1.807, 2.05) is 6.92 Å². The Balaban J connectivity index is 1.58. The second-order valence-electron chi connectivity index (χ2n) is 7.62. The molecule has 0 bridgehead atoms. The summed E-state index contributed by atoms with van der Waals surface area (Å²) >= 11 is 0. The summed E-state index contributed by atoms with van der Waals surface area (Å²) in [4.78, 5) is 27.2. The van der Waals surface area contributed by atoms with E-state index in [9.17, 15) is 18.4 Å². The van der Waals surface area contributed by atoms with Crippen molar-refractivity contribution < 1.29 is 23.1 Å². The third-order valence-electron chi connectivity index (χ3n) is 5.28. The molecule has 1 aliphatic heterocycles. The van der Waals surface area contributed by atoms with E-state index in [-0.39, 0.29) is 23.8 Å². The highest BCUT2D eigenvalue weighted by atomic mass is 19.1. The molecule has 2 amide bonds. The summed E-state index contributed by atoms with van der Waals surface area (Å²) in [6, 6.07) is 16.6. The van der Waals surface area contributed by atoms with Gasteiger partial charge in [-0.25, -0.2) is 8.78 Å². The average molecular weight is 436 g/mol. The van der Waals surface area contributed by atoms with Gasteiger partial charge in [-0.1, -0.05) is 25.1 Å². The lowest BCUT2D eigenvalue weighted by Gasteiger charge is -2.23. The molecule has 3 aromatic carbocycles. The second-order valence-corrected chi connectivity index (χ2v) is 7.62. The minimum absolute atomic E-state index is 0.154. The number of ether oxygens (including phenoxy) is 1. The molecular formula is C25H22F2N2O3. The molecule has 1 heterocycles. The molecule has 7 heteroatoms. The Bertz CT molecular complexity index is 1150. The first kappa shape index (κ1) is 21.5. The first-order valence-electron chi connectivity index (χ1n) is 10.3. The molecular weight excluding hydrogens is 414 g/mol. The summed E-state index contributed by atoms with van der Waals surface area (Å²) in [7, 11) is 0. The van der Waals surface area contributed by atoms with Crippen molar-refractivity contribution in [3.63, 3.8) is 0 Å². The van der Waals surface area contributed by atoms with Gasteiger partial charge in [0.25, 0.3) is 11.8 Å². The van der Waals surface area contributed by atoms with Gasteiger partial charge in [0.1, 0.15) is 17.4 Å². The maximum absolute atomic E-state index is 13.4. The Hall–Kier alpha value is -3.74. The van der Waals surface area contributed by atoms with Crippen molar-refractivity contribution >= 4 is 17.5 Å². The van der Waals surface area contributed by atoms with Crippen LogP contribution in [0.2, 0.25) is 0 Å². The van der Waals surface area contributed by atoms with Gasteiger partial charge >= 0.3 is 0 Å². The van der Waals surface area contributed by atoms with Crippen LogP contribution in [0.25, 0.3) is 0 Å². The van der Waals surface area contributed by atoms with Gasteiger partial charge in [-0.15, -0.1) is 0 Å². The number of halogens is 2. The van der Waals surface area contributed by atoms with Crippen molar-refractivity contribution in [3.05, 3.63) is 95.1 Å². The Morgan fingerprint density at radius 1 is 1.06 bits per heavy atom. The lowest BCUT2D eigenvalue weighted by Crippen LogP contribution is -2.38. The predicted molar refractivity (Wildman–Crippen MR) is 116 cm³/mol. The number of anilines is 1. The van der Waals surface area contributed by atoms with E-state index in [0.29, 0.717) is 24.4 Å². The molecule has 0 spiro atoms. The van der Waals surface area contributed by atoms with E-state index in [4.69, 9.17) is 4.74 Å². The van der Waals surface area contributed by atoms with Crippen LogP contribution >= 0.6 is 0 Å². The minimum atomic E-state index is -0.635. The molecule has 0 saturated carbocycles. The molecule has 1 aliphatic rings. The fourth-order valence-electron chi connectivity index (χ4n) is 3.62. The zero-order chi connectivity index (χ0) is 22.7. The van der Waals surface area contributed by atoms with Crippen molar-refractivity contribution in [3.8, 4) is 5.75 Å². The van der Waals surface area contributed by atoms with E-state index in [1.165, 1.54) is 30.3 Å². The first-order chi connectivity index (χ1) is 15.4. The van der Waals surface area contributed by atoms with Gasteiger partial charge in [-0.3, -0.25) is 9.59 Å². The van der Waals surface area contributed by atoms with E-state index < -0.39 is 17.8 Å². The number of hydrogen-bond donors (Lipinski definition) is 1. The molecule has 1 atom stereocenters. The Morgan fingerprint density at radius 2 is 1.84 bits per heavy atom. The van der Waals surface area contributed by atoms with Crippen molar-refractivity contribution in [2.24, 2.45) is 0 Å². The van der Waals surface area contributed by atoms with E-state index in [1.54, 1.807) is 35.2 Å². The standard InChI is InChI=1S/C25H22F2N2O3/c1-2-22-25(31)29(14-16-6-8-19(26)9-7-16)15-18-13-21(10-11-23(18)32-22)28-24(30)17-4-3-5-20(27)12-17/h3-13,22H,2,14-15H2,1H3,(H,28,30)/t22-/m1/s1. The third kappa shape index (κ3) is 4.77. The molecule has 0 radical (unpaired) electrons. The summed E-state index contributed by atoms with van der Waals surface area (Å²) in [6.07, 6.45) is -0.139. The summed E-state index contributed by atoms with van der Waals surface area (Å²) in [5.74, 6) is -0.859. The third-order valence-corrected chi connectivity index (χ3v) is 5.28. The highest BCUT2D eigenvalue weighted by Crippen LogP contribution is 2.30. The van der Waals surface area contributed by atoms with Crippen LogP contribution in [-0.2, 0) is 17.9 Å². The minimum Gasteiger partial charge on any atom is -0.480 e. The topological polar surface area (TPSA) is 58.6 Å². The van der Waals surface area contributed by atoms with Gasteiger partial charge in [0.2, 0.25) is 0 Å². The smallest absolute Gasteiger partial charge is 0.264 e. The molecule has 0 aliphatic carbocycles. The van der Waals surface area contributed by atoms with Crippen LogP contribution in [0.3, 0.4) is 0 Å². The quantitative estimate of drug-likeness (QED) is 0.618. The highest BCUT2D eigenvalue weighted by Gasteiger charge is 2.30. The van der Waals surface area contributed by atoms with Crippen molar-refractivity contribution in [1.82, 2.24) is 4.90 Å². The van der Waals surface area contributed by atoms with Crippen LogP contribution in [0.15, 0.2) is 66.7 Å². The average Bonchev–Trinajstić information content (AvgIpc) is 2.91. The van der Waals surface area contributed by atoms with Gasteiger partial charge in [0, 0.05) is 29.9 Å². The molecule has 0 unspecified atom stereocenters. The molecule has 5 nitrogen and oxygen atoms in total. The van der Waals surface area contributed by atoms with Crippen molar-refractivity contribution in [2.45, 2.75) is 32.5 Å². The molecule has 1 N–H and O–H groups in total. The molecule has 32 heavy (non-hydrogen) atoms. The number of nitrogens with one attached hydrogen (secondary N) is 1. The maximum atomic E-state index is 13.4. The SMILES string of the molecule is CC[C@H]1Oc2ccc(NC(=O)c3cccc(F)c3)cc2CN(Cc2ccc(F)cc2)C1=O. The number of rotatable bonds is 5. The number of nitrogens with zero attached hydrogens (tertiary/aromatic N) is 1. The van der Waals surface area contributed by atoms with Crippen molar-refractivity contribution in [1.29, 1.82) is 0 Å². The van der Waals surface area contributed by atoms with Gasteiger partial charge in [0.05, 0.1) is 0 Å². The van der Waals surface area contributed by atoms with Gasteiger partial charge in [-0.05, 0) is 60.5 Å². The first-order valence-corrected chi connectivity index (χ1v) is 10.3. The zero-order valence-corrected chi connectivity index (χ0v) is 17.5. The Morgan fingerprint density at radius 3 is 2.56 bits per heavy atom. The largest absolute Gasteiger partial charge is 0.480 e. The van der Waals surface area contributed by atoms with Crippen LogP contribution in [0.1, 0.15) is 34.8 Å². The van der Waals surface area contributed by atoms with Crippen LogP contribution in [0.5, 0.6) is 5.75 Å². The highest BCUT2D eigenvalue weighted by molar-refractivity contribution is 6.04. The molecule has 0 aromatic heterocycles. The van der Waals surface area contributed by atoms with Crippen LogP contribution < -0.4 is 10.1 Å².